The summed E-state index contributed by atoms with van der Waals surface area (Å²) in [6.07, 6.45) is 0. The summed E-state index contributed by atoms with van der Waals surface area (Å²) < 4.78 is 21.9. The Labute approximate surface area is 230 Å². The summed E-state index contributed by atoms with van der Waals surface area (Å²) in [7, 11) is 6.33. The van der Waals surface area contributed by atoms with E-state index in [0.717, 1.165) is 20.1 Å². The van der Waals surface area contributed by atoms with Crippen molar-refractivity contribution >= 4 is 55.1 Å². The van der Waals surface area contributed by atoms with Crippen molar-refractivity contribution in [3.63, 3.8) is 0 Å². The van der Waals surface area contributed by atoms with Gasteiger partial charge < -0.3 is 31.4 Å². The Morgan fingerprint density at radius 2 is 1.07 bits per heavy atom. The minimum absolute atomic E-state index is 0. The first-order valence-corrected chi connectivity index (χ1v) is 9.88. The van der Waals surface area contributed by atoms with Gasteiger partial charge in [0.25, 0.3) is 0 Å². The van der Waals surface area contributed by atoms with Crippen LogP contribution < -0.4 is 50.2 Å². The predicted octanol–water partition coefficient (Wildman–Crippen LogP) is 0.0161. The van der Waals surface area contributed by atoms with Gasteiger partial charge in [0.05, 0.1) is 51.4 Å². The molecule has 0 atom stereocenters. The smallest absolute Gasteiger partial charge is 1.00 e. The van der Waals surface area contributed by atoms with Crippen molar-refractivity contribution in [2.45, 2.75) is 11.8 Å². The molecule has 0 fully saturated rings. The van der Waals surface area contributed by atoms with Gasteiger partial charge in [0.1, 0.15) is 0 Å². The molecule has 0 saturated carbocycles. The molecule has 29 heavy (non-hydrogen) atoms. The predicted molar refractivity (Wildman–Crippen MR) is 111 cm³/mol. The SMILES string of the molecule is COc1cc(CCl)[c-]c(Br)c1OC.COc1cc(CCl)[c-]c(Br)c1OC.[Cl-].[Li+].[Zn+2]. The molecular formula is C18H18Br2Cl3LiO4Zn. The van der Waals surface area contributed by atoms with Crippen LogP contribution in [-0.2, 0) is 31.2 Å². The van der Waals surface area contributed by atoms with E-state index in [1.807, 2.05) is 0 Å². The Morgan fingerprint density at radius 1 is 0.759 bits per heavy atom. The summed E-state index contributed by atoms with van der Waals surface area (Å²) in [6, 6.07) is 9.67. The molecule has 0 bridgehead atoms. The topological polar surface area (TPSA) is 36.9 Å². The Balaban J connectivity index is -0.000000422. The van der Waals surface area contributed by atoms with Crippen LogP contribution in [0.5, 0.6) is 23.0 Å². The molecule has 0 spiro atoms. The molecule has 0 aliphatic heterocycles. The first-order valence-electron chi connectivity index (χ1n) is 7.22. The van der Waals surface area contributed by atoms with Crippen LogP contribution in [0, 0.1) is 12.1 Å². The van der Waals surface area contributed by atoms with Crippen LogP contribution in [0.15, 0.2) is 21.1 Å². The minimum atomic E-state index is 0. The van der Waals surface area contributed by atoms with E-state index in [1.165, 1.54) is 0 Å². The van der Waals surface area contributed by atoms with Gasteiger partial charge in [-0.1, -0.05) is 40.8 Å². The van der Waals surface area contributed by atoms with Crippen molar-refractivity contribution in [1.82, 2.24) is 0 Å². The molecule has 0 radical (unpaired) electrons. The number of hydrogen-bond acceptors (Lipinski definition) is 4. The van der Waals surface area contributed by atoms with Crippen molar-refractivity contribution in [2.24, 2.45) is 0 Å². The van der Waals surface area contributed by atoms with Crippen molar-refractivity contribution in [3.05, 3.63) is 44.3 Å². The van der Waals surface area contributed by atoms with Gasteiger partial charge in [0, 0.05) is 11.8 Å². The quantitative estimate of drug-likeness (QED) is 0.255. The molecule has 0 unspecified atom stereocenters. The molecule has 0 aromatic heterocycles. The van der Waals surface area contributed by atoms with E-state index in [9.17, 15) is 0 Å². The van der Waals surface area contributed by atoms with Crippen LogP contribution in [0.3, 0.4) is 0 Å². The van der Waals surface area contributed by atoms with E-state index in [1.54, 1.807) is 40.6 Å². The first kappa shape index (κ1) is 34.3. The molecule has 0 heterocycles. The number of ether oxygens (including phenoxy) is 4. The molecule has 0 N–H and O–H groups in total. The second-order valence-corrected chi connectivity index (χ2v) is 6.81. The van der Waals surface area contributed by atoms with Gasteiger partial charge in [-0.05, 0) is 0 Å². The van der Waals surface area contributed by atoms with Gasteiger partial charge in [-0.3, -0.25) is 0 Å². The number of benzene rings is 2. The standard InChI is InChI=1S/2C9H9BrClO2.ClH.Li.Zn/c2*1-12-8-4-6(5-11)3-7(10)9(8)13-2;;;/h2*4H,5H2,1-2H3;1H;;/q2*-1;;+1;+2/p-1. The molecule has 0 aliphatic rings. The second kappa shape index (κ2) is 18.3. The number of halogens is 5. The second-order valence-electron chi connectivity index (χ2n) is 4.69. The summed E-state index contributed by atoms with van der Waals surface area (Å²) in [5.41, 5.74) is 1.73. The van der Waals surface area contributed by atoms with E-state index < -0.39 is 0 Å². The van der Waals surface area contributed by atoms with Gasteiger partial charge in [-0.2, -0.15) is 12.1 Å². The van der Waals surface area contributed by atoms with E-state index in [0.29, 0.717) is 34.8 Å². The van der Waals surface area contributed by atoms with Crippen LogP contribution in [0.1, 0.15) is 11.1 Å². The third-order valence-corrected chi connectivity index (χ3v) is 4.83. The number of methoxy groups -OCH3 is 4. The largest absolute Gasteiger partial charge is 2.00 e. The maximum atomic E-state index is 5.67. The fourth-order valence-electron chi connectivity index (χ4n) is 1.96. The first-order chi connectivity index (χ1) is 12.4. The minimum Gasteiger partial charge on any atom is -1.00 e. The molecule has 2 rings (SSSR count). The monoisotopic (exact) mass is 632 g/mol. The van der Waals surface area contributed by atoms with Crippen LogP contribution in [0.4, 0.5) is 0 Å². The van der Waals surface area contributed by atoms with Crippen molar-refractivity contribution in [2.75, 3.05) is 28.4 Å². The Hall–Kier alpha value is 0.691. The summed E-state index contributed by atoms with van der Waals surface area (Å²) in [5.74, 6) is 3.39. The van der Waals surface area contributed by atoms with Gasteiger partial charge in [-0.25, -0.2) is 0 Å². The van der Waals surface area contributed by atoms with Crippen molar-refractivity contribution < 1.29 is 69.7 Å². The molecule has 4 nitrogen and oxygen atoms in total. The Bertz CT molecular complexity index is 681. The van der Waals surface area contributed by atoms with Gasteiger partial charge in [0.2, 0.25) is 0 Å². The third-order valence-electron chi connectivity index (χ3n) is 3.13. The number of alkyl halides is 2. The zero-order valence-electron chi connectivity index (χ0n) is 16.8. The molecule has 2 aromatic carbocycles. The third kappa shape index (κ3) is 10.2. The zero-order valence-corrected chi connectivity index (χ0v) is 25.2. The molecule has 11 heteroatoms. The van der Waals surface area contributed by atoms with E-state index >= 15 is 0 Å². The Morgan fingerprint density at radius 3 is 1.28 bits per heavy atom. The van der Waals surface area contributed by atoms with E-state index in [4.69, 9.17) is 42.1 Å². The molecular weight excluding hydrogens is 619 g/mol. The zero-order chi connectivity index (χ0) is 19.7. The fourth-order valence-corrected chi connectivity index (χ4v) is 3.47. The van der Waals surface area contributed by atoms with Gasteiger partial charge in [0.15, 0.2) is 0 Å². The molecule has 2 aromatic rings. The van der Waals surface area contributed by atoms with Crippen LogP contribution in [0.25, 0.3) is 0 Å². The van der Waals surface area contributed by atoms with Crippen LogP contribution in [0.2, 0.25) is 0 Å². The summed E-state index contributed by atoms with van der Waals surface area (Å²) in [6.45, 7) is 0. The summed E-state index contributed by atoms with van der Waals surface area (Å²) in [5, 5.41) is 0. The van der Waals surface area contributed by atoms with Crippen LogP contribution >= 0.6 is 55.1 Å². The Kier molecular flexibility index (Phi) is 21.6. The van der Waals surface area contributed by atoms with Crippen molar-refractivity contribution in [3.8, 4) is 23.0 Å². The maximum absolute atomic E-state index is 5.67. The molecule has 0 amide bonds. The van der Waals surface area contributed by atoms with Crippen molar-refractivity contribution in [1.29, 1.82) is 0 Å². The molecule has 152 valence electrons. The molecule has 0 saturated heterocycles. The summed E-state index contributed by atoms with van der Waals surface area (Å²) in [4.78, 5) is 0. The van der Waals surface area contributed by atoms with E-state index in [-0.39, 0.29) is 50.7 Å². The van der Waals surface area contributed by atoms with Gasteiger partial charge >= 0.3 is 38.3 Å². The number of hydrogen-bond donors (Lipinski definition) is 0. The average Bonchev–Trinajstić information content (AvgIpc) is 2.66. The van der Waals surface area contributed by atoms with Gasteiger partial charge in [-0.15, -0.1) is 46.5 Å². The maximum Gasteiger partial charge on any atom is 2.00 e. The van der Waals surface area contributed by atoms with Crippen LogP contribution in [-0.4, -0.2) is 28.4 Å². The average molecular weight is 637 g/mol. The molecule has 0 aliphatic carbocycles. The normalized spacial score (nSPS) is 8.83. The van der Waals surface area contributed by atoms with E-state index in [2.05, 4.69) is 44.0 Å². The number of rotatable bonds is 6. The fraction of sp³-hybridized carbons (Fsp3) is 0.333. The summed E-state index contributed by atoms with van der Waals surface area (Å²) >= 11 is 18.0.